The van der Waals surface area contributed by atoms with E-state index >= 15 is 0 Å². The molecule has 1 aliphatic carbocycles. The Bertz CT molecular complexity index is 648. The molecule has 0 amide bonds. The van der Waals surface area contributed by atoms with E-state index in [-0.39, 0.29) is 12.4 Å². The van der Waals surface area contributed by atoms with Crippen LogP contribution in [0.5, 0.6) is 0 Å². The van der Waals surface area contributed by atoms with Crippen LogP contribution in [-0.4, -0.2) is 10.1 Å². The minimum absolute atomic E-state index is 0. The largest absolute Gasteiger partial charge is 0.338 e. The lowest BCUT2D eigenvalue weighted by Crippen LogP contribution is -2.34. The zero-order valence-electron chi connectivity index (χ0n) is 12.8. The Morgan fingerprint density at radius 1 is 1.23 bits per heavy atom. The molecule has 0 aliphatic heterocycles. The molecular formula is C16H21Cl2N3O. The van der Waals surface area contributed by atoms with E-state index in [1.807, 2.05) is 38.1 Å². The Hall–Kier alpha value is -1.10. The van der Waals surface area contributed by atoms with Gasteiger partial charge in [-0.3, -0.25) is 0 Å². The average molecular weight is 342 g/mol. The third-order valence-electron chi connectivity index (χ3n) is 4.45. The van der Waals surface area contributed by atoms with E-state index in [2.05, 4.69) is 10.1 Å². The summed E-state index contributed by atoms with van der Waals surface area (Å²) in [6.45, 7) is 4.06. The quantitative estimate of drug-likeness (QED) is 0.908. The number of hydrogen-bond donors (Lipinski definition) is 1. The summed E-state index contributed by atoms with van der Waals surface area (Å²) in [5.41, 5.74) is 6.49. The Morgan fingerprint density at radius 2 is 1.86 bits per heavy atom. The van der Waals surface area contributed by atoms with Crippen LogP contribution in [-0.2, 0) is 11.0 Å². The van der Waals surface area contributed by atoms with Crippen molar-refractivity contribution in [1.82, 2.24) is 10.1 Å². The second kappa shape index (κ2) is 6.19. The van der Waals surface area contributed by atoms with Gasteiger partial charge in [-0.05, 0) is 38.3 Å². The van der Waals surface area contributed by atoms with Crippen molar-refractivity contribution in [2.24, 2.45) is 5.73 Å². The summed E-state index contributed by atoms with van der Waals surface area (Å²) < 4.78 is 5.52. The minimum Gasteiger partial charge on any atom is -0.338 e. The molecule has 0 radical (unpaired) electrons. The van der Waals surface area contributed by atoms with Gasteiger partial charge < -0.3 is 10.3 Å². The Labute approximate surface area is 141 Å². The normalized spacial score (nSPS) is 17.3. The van der Waals surface area contributed by atoms with Crippen LogP contribution in [0.2, 0.25) is 5.02 Å². The molecule has 4 nitrogen and oxygen atoms in total. The van der Waals surface area contributed by atoms with Gasteiger partial charge >= 0.3 is 0 Å². The van der Waals surface area contributed by atoms with Crippen LogP contribution in [0.1, 0.15) is 56.8 Å². The van der Waals surface area contributed by atoms with Crippen LogP contribution < -0.4 is 5.73 Å². The average Bonchev–Trinajstić information content (AvgIpc) is 3.08. The maximum atomic E-state index is 6.39. The molecule has 6 heteroatoms. The molecule has 0 unspecified atom stereocenters. The van der Waals surface area contributed by atoms with Gasteiger partial charge in [0.25, 0.3) is 0 Å². The van der Waals surface area contributed by atoms with Crippen LogP contribution in [0.25, 0.3) is 0 Å². The number of nitrogens with zero attached hydrogens (tertiary/aromatic N) is 2. The maximum Gasteiger partial charge on any atom is 0.236 e. The molecule has 0 atom stereocenters. The molecule has 1 aromatic carbocycles. The zero-order chi connectivity index (χ0) is 15.1. The first-order chi connectivity index (χ1) is 9.93. The van der Waals surface area contributed by atoms with Crippen molar-refractivity contribution in [3.8, 4) is 0 Å². The van der Waals surface area contributed by atoms with E-state index in [1.54, 1.807) is 0 Å². The zero-order valence-corrected chi connectivity index (χ0v) is 14.4. The maximum absolute atomic E-state index is 6.39. The van der Waals surface area contributed by atoms with Gasteiger partial charge in [0.05, 0.1) is 11.0 Å². The summed E-state index contributed by atoms with van der Waals surface area (Å²) in [5, 5.41) is 4.84. The first-order valence-corrected chi connectivity index (χ1v) is 7.70. The highest BCUT2D eigenvalue weighted by atomic mass is 35.5. The van der Waals surface area contributed by atoms with E-state index in [0.717, 1.165) is 31.2 Å². The fraction of sp³-hybridized carbons (Fsp3) is 0.500. The molecule has 1 aliphatic rings. The SMILES string of the molecule is CC(C)(c1nc(C2(N)CCCC2)no1)c1ccccc1Cl.Cl. The smallest absolute Gasteiger partial charge is 0.236 e. The van der Waals surface area contributed by atoms with Gasteiger partial charge in [0.15, 0.2) is 5.82 Å². The van der Waals surface area contributed by atoms with E-state index in [4.69, 9.17) is 21.9 Å². The van der Waals surface area contributed by atoms with Crippen molar-refractivity contribution in [3.63, 3.8) is 0 Å². The van der Waals surface area contributed by atoms with Crippen molar-refractivity contribution in [2.45, 2.75) is 50.5 Å². The predicted octanol–water partition coefficient (Wildman–Crippen LogP) is 4.20. The second-order valence-corrected chi connectivity index (χ2v) is 6.80. The molecule has 0 bridgehead atoms. The second-order valence-electron chi connectivity index (χ2n) is 6.39. The van der Waals surface area contributed by atoms with Crippen LogP contribution in [0.4, 0.5) is 0 Å². The summed E-state index contributed by atoms with van der Waals surface area (Å²) in [6, 6.07) is 7.73. The number of nitrogens with two attached hydrogens (primary N) is 1. The molecule has 1 heterocycles. The van der Waals surface area contributed by atoms with E-state index in [9.17, 15) is 0 Å². The number of hydrogen-bond acceptors (Lipinski definition) is 4. The number of halogens is 2. The standard InChI is InChI=1S/C16H20ClN3O.ClH/c1-15(2,11-7-3-4-8-12(11)17)14-19-13(20-21-14)16(18)9-5-6-10-16;/h3-4,7-8H,5-6,9-10,18H2,1-2H3;1H. The van der Waals surface area contributed by atoms with E-state index in [0.29, 0.717) is 16.7 Å². The molecule has 22 heavy (non-hydrogen) atoms. The van der Waals surface area contributed by atoms with Crippen LogP contribution in [0.3, 0.4) is 0 Å². The van der Waals surface area contributed by atoms with Crippen LogP contribution in [0, 0.1) is 0 Å². The summed E-state index contributed by atoms with van der Waals surface area (Å²) in [6.07, 6.45) is 4.07. The molecule has 120 valence electrons. The van der Waals surface area contributed by atoms with Crippen molar-refractivity contribution in [2.75, 3.05) is 0 Å². The third kappa shape index (κ3) is 2.87. The minimum atomic E-state index is -0.446. The predicted molar refractivity (Wildman–Crippen MR) is 89.5 cm³/mol. The summed E-state index contributed by atoms with van der Waals surface area (Å²) >= 11 is 6.31. The van der Waals surface area contributed by atoms with Gasteiger partial charge in [-0.2, -0.15) is 4.98 Å². The lowest BCUT2D eigenvalue weighted by atomic mass is 9.84. The first kappa shape index (κ1) is 17.3. The Morgan fingerprint density at radius 3 is 2.50 bits per heavy atom. The molecule has 1 aromatic heterocycles. The lowest BCUT2D eigenvalue weighted by molar-refractivity contribution is 0.319. The van der Waals surface area contributed by atoms with Gasteiger partial charge in [-0.15, -0.1) is 12.4 Å². The highest BCUT2D eigenvalue weighted by Crippen LogP contribution is 2.38. The molecule has 3 rings (SSSR count). The topological polar surface area (TPSA) is 64.9 Å². The van der Waals surface area contributed by atoms with Crippen molar-refractivity contribution in [3.05, 3.63) is 46.6 Å². The summed E-state index contributed by atoms with van der Waals surface area (Å²) in [7, 11) is 0. The molecule has 2 aromatic rings. The van der Waals surface area contributed by atoms with Crippen LogP contribution in [0.15, 0.2) is 28.8 Å². The van der Waals surface area contributed by atoms with Crippen molar-refractivity contribution >= 4 is 24.0 Å². The Kier molecular flexibility index (Phi) is 4.85. The summed E-state index contributed by atoms with van der Waals surface area (Å²) in [4.78, 5) is 4.59. The fourth-order valence-electron chi connectivity index (χ4n) is 2.99. The highest BCUT2D eigenvalue weighted by Gasteiger charge is 2.39. The van der Waals surface area contributed by atoms with E-state index < -0.39 is 11.0 Å². The number of aromatic nitrogens is 2. The van der Waals surface area contributed by atoms with Gasteiger partial charge in [-0.1, -0.05) is 47.8 Å². The van der Waals surface area contributed by atoms with Gasteiger partial charge in [0.2, 0.25) is 5.89 Å². The monoisotopic (exact) mass is 341 g/mol. The highest BCUT2D eigenvalue weighted by molar-refractivity contribution is 6.31. The molecule has 2 N–H and O–H groups in total. The number of benzene rings is 1. The molecule has 0 spiro atoms. The van der Waals surface area contributed by atoms with Crippen LogP contribution >= 0.6 is 24.0 Å². The first-order valence-electron chi connectivity index (χ1n) is 7.32. The van der Waals surface area contributed by atoms with Gasteiger partial charge in [0.1, 0.15) is 0 Å². The summed E-state index contributed by atoms with van der Waals surface area (Å²) in [5.74, 6) is 1.18. The van der Waals surface area contributed by atoms with E-state index in [1.165, 1.54) is 0 Å². The van der Waals surface area contributed by atoms with Crippen molar-refractivity contribution in [1.29, 1.82) is 0 Å². The number of rotatable bonds is 3. The van der Waals surface area contributed by atoms with Gasteiger partial charge in [-0.25, -0.2) is 0 Å². The molecule has 0 saturated heterocycles. The fourth-order valence-corrected chi connectivity index (χ4v) is 3.36. The molecular weight excluding hydrogens is 321 g/mol. The van der Waals surface area contributed by atoms with Crippen molar-refractivity contribution < 1.29 is 4.52 Å². The Balaban J connectivity index is 0.00000176. The third-order valence-corrected chi connectivity index (χ3v) is 4.78. The lowest BCUT2D eigenvalue weighted by Gasteiger charge is -2.22. The van der Waals surface area contributed by atoms with Gasteiger partial charge in [0, 0.05) is 5.02 Å². The molecule has 1 fully saturated rings. The molecule has 1 saturated carbocycles.